The van der Waals surface area contributed by atoms with Gasteiger partial charge in [0.1, 0.15) is 0 Å². The Morgan fingerprint density at radius 1 is 1.20 bits per heavy atom. The summed E-state index contributed by atoms with van der Waals surface area (Å²) in [6.45, 7) is 6.21. The number of carbonyl (C=O) groups excluding carboxylic acids is 2. The van der Waals surface area contributed by atoms with E-state index >= 15 is 0 Å². The van der Waals surface area contributed by atoms with Crippen LogP contribution in [0.2, 0.25) is 0 Å². The van der Waals surface area contributed by atoms with Crippen molar-refractivity contribution in [1.82, 2.24) is 10.2 Å². The van der Waals surface area contributed by atoms with E-state index < -0.39 is 0 Å². The SMILES string of the molecule is CCC1CCC(NC2CC(=O)N(C(C)CC)C2=O)CC1. The second kappa shape index (κ2) is 6.70. The number of rotatable bonds is 5. The molecule has 1 saturated carbocycles. The Hall–Kier alpha value is -0.900. The Kier molecular flexibility index (Phi) is 5.19. The summed E-state index contributed by atoms with van der Waals surface area (Å²) >= 11 is 0. The molecule has 2 atom stereocenters. The lowest BCUT2D eigenvalue weighted by Crippen LogP contribution is -2.46. The van der Waals surface area contributed by atoms with Crippen LogP contribution >= 0.6 is 0 Å². The molecule has 0 bridgehead atoms. The molecule has 20 heavy (non-hydrogen) atoms. The van der Waals surface area contributed by atoms with Crippen molar-refractivity contribution in [2.45, 2.75) is 83.8 Å². The highest BCUT2D eigenvalue weighted by Gasteiger charge is 2.41. The Bertz CT molecular complexity index is 361. The lowest BCUT2D eigenvalue weighted by molar-refractivity contribution is -0.141. The zero-order valence-corrected chi connectivity index (χ0v) is 13.0. The molecule has 2 fully saturated rings. The van der Waals surface area contributed by atoms with E-state index in [0.29, 0.717) is 12.5 Å². The van der Waals surface area contributed by atoms with E-state index in [4.69, 9.17) is 0 Å². The monoisotopic (exact) mass is 280 g/mol. The molecule has 1 N–H and O–H groups in total. The van der Waals surface area contributed by atoms with Crippen molar-refractivity contribution >= 4 is 11.8 Å². The van der Waals surface area contributed by atoms with Crippen molar-refractivity contribution in [3.05, 3.63) is 0 Å². The van der Waals surface area contributed by atoms with Gasteiger partial charge in [-0.25, -0.2) is 0 Å². The maximum atomic E-state index is 12.4. The normalized spacial score (nSPS) is 32.8. The Labute approximate surface area is 122 Å². The maximum absolute atomic E-state index is 12.4. The van der Waals surface area contributed by atoms with E-state index in [2.05, 4.69) is 12.2 Å². The van der Waals surface area contributed by atoms with Crippen molar-refractivity contribution in [3.8, 4) is 0 Å². The largest absolute Gasteiger partial charge is 0.303 e. The Morgan fingerprint density at radius 3 is 2.40 bits per heavy atom. The maximum Gasteiger partial charge on any atom is 0.247 e. The van der Waals surface area contributed by atoms with E-state index in [-0.39, 0.29) is 23.9 Å². The molecule has 1 aliphatic heterocycles. The van der Waals surface area contributed by atoms with Gasteiger partial charge in [-0.2, -0.15) is 0 Å². The molecule has 4 heteroatoms. The van der Waals surface area contributed by atoms with Crippen LogP contribution in [-0.2, 0) is 9.59 Å². The third-order valence-corrected chi connectivity index (χ3v) is 5.08. The molecule has 2 aliphatic rings. The molecule has 0 aromatic carbocycles. The number of hydrogen-bond acceptors (Lipinski definition) is 3. The van der Waals surface area contributed by atoms with E-state index in [1.54, 1.807) is 0 Å². The van der Waals surface area contributed by atoms with E-state index in [1.807, 2.05) is 13.8 Å². The first-order chi connectivity index (χ1) is 9.56. The minimum Gasteiger partial charge on any atom is -0.303 e. The minimum atomic E-state index is -0.278. The average Bonchev–Trinajstić information content (AvgIpc) is 2.73. The molecule has 0 aromatic rings. The van der Waals surface area contributed by atoms with Gasteiger partial charge in [0.2, 0.25) is 11.8 Å². The third kappa shape index (κ3) is 3.22. The summed E-state index contributed by atoms with van der Waals surface area (Å²) in [6.07, 6.45) is 7.20. The van der Waals surface area contributed by atoms with Crippen LogP contribution in [0.25, 0.3) is 0 Å². The quantitative estimate of drug-likeness (QED) is 0.787. The van der Waals surface area contributed by atoms with Gasteiger partial charge in [-0.05, 0) is 44.9 Å². The van der Waals surface area contributed by atoms with Crippen LogP contribution < -0.4 is 5.32 Å². The first-order valence-electron chi connectivity index (χ1n) is 8.18. The summed E-state index contributed by atoms with van der Waals surface area (Å²) in [7, 11) is 0. The van der Waals surface area contributed by atoms with Crippen LogP contribution in [0, 0.1) is 5.92 Å². The van der Waals surface area contributed by atoms with Gasteiger partial charge in [0.15, 0.2) is 0 Å². The molecule has 1 aliphatic carbocycles. The fourth-order valence-corrected chi connectivity index (χ4v) is 3.45. The number of likely N-dealkylation sites (tertiary alicyclic amines) is 1. The fraction of sp³-hybridized carbons (Fsp3) is 0.875. The zero-order chi connectivity index (χ0) is 14.7. The molecular weight excluding hydrogens is 252 g/mol. The molecule has 2 rings (SSSR count). The molecule has 2 unspecified atom stereocenters. The molecular formula is C16H28N2O2. The molecule has 0 aromatic heterocycles. The summed E-state index contributed by atoms with van der Waals surface area (Å²) in [5.74, 6) is 0.830. The van der Waals surface area contributed by atoms with Gasteiger partial charge in [-0.15, -0.1) is 0 Å². The van der Waals surface area contributed by atoms with Crippen molar-refractivity contribution in [2.75, 3.05) is 0 Å². The van der Waals surface area contributed by atoms with Gasteiger partial charge in [0.25, 0.3) is 0 Å². The van der Waals surface area contributed by atoms with Crippen molar-refractivity contribution in [3.63, 3.8) is 0 Å². The van der Waals surface area contributed by atoms with Crippen LogP contribution in [0.4, 0.5) is 0 Å². The summed E-state index contributed by atoms with van der Waals surface area (Å²) in [4.78, 5) is 25.8. The van der Waals surface area contributed by atoms with Gasteiger partial charge in [0, 0.05) is 12.1 Å². The van der Waals surface area contributed by atoms with Crippen molar-refractivity contribution in [2.24, 2.45) is 5.92 Å². The van der Waals surface area contributed by atoms with E-state index in [1.165, 1.54) is 24.2 Å². The van der Waals surface area contributed by atoms with Gasteiger partial charge in [-0.3, -0.25) is 14.5 Å². The Balaban J connectivity index is 1.88. The average molecular weight is 280 g/mol. The summed E-state index contributed by atoms with van der Waals surface area (Å²) in [6, 6.07) is 0.161. The molecule has 0 radical (unpaired) electrons. The predicted octanol–water partition coefficient (Wildman–Crippen LogP) is 2.47. The minimum absolute atomic E-state index is 0.0101. The highest BCUT2D eigenvalue weighted by atomic mass is 16.2. The molecule has 1 heterocycles. The third-order valence-electron chi connectivity index (χ3n) is 5.08. The smallest absolute Gasteiger partial charge is 0.247 e. The highest BCUT2D eigenvalue weighted by molar-refractivity contribution is 6.05. The standard InChI is InChI=1S/C16H28N2O2/c1-4-11(3)18-15(19)10-14(16(18)20)17-13-8-6-12(5-2)7-9-13/h11-14,17H,4-10H2,1-3H3. The summed E-state index contributed by atoms with van der Waals surface area (Å²) < 4.78 is 0. The van der Waals surface area contributed by atoms with E-state index in [0.717, 1.165) is 25.2 Å². The Morgan fingerprint density at radius 2 is 1.85 bits per heavy atom. The highest BCUT2D eigenvalue weighted by Crippen LogP contribution is 2.28. The van der Waals surface area contributed by atoms with Crippen molar-refractivity contribution in [1.29, 1.82) is 0 Å². The first-order valence-corrected chi connectivity index (χ1v) is 8.18. The lowest BCUT2D eigenvalue weighted by atomic mass is 9.84. The molecule has 0 spiro atoms. The van der Waals surface area contributed by atoms with Crippen LogP contribution in [0.5, 0.6) is 0 Å². The van der Waals surface area contributed by atoms with Crippen LogP contribution in [0.1, 0.15) is 65.7 Å². The number of amides is 2. The number of nitrogens with one attached hydrogen (secondary N) is 1. The number of carbonyl (C=O) groups is 2. The molecule has 4 nitrogen and oxygen atoms in total. The second-order valence-corrected chi connectivity index (χ2v) is 6.41. The van der Waals surface area contributed by atoms with Gasteiger partial charge >= 0.3 is 0 Å². The first kappa shape index (κ1) is 15.5. The number of hydrogen-bond donors (Lipinski definition) is 1. The summed E-state index contributed by atoms with van der Waals surface area (Å²) in [5, 5.41) is 3.44. The van der Waals surface area contributed by atoms with Crippen LogP contribution in [-0.4, -0.2) is 34.8 Å². The number of nitrogens with zero attached hydrogens (tertiary/aromatic N) is 1. The molecule has 114 valence electrons. The summed E-state index contributed by atoms with van der Waals surface area (Å²) in [5.41, 5.74) is 0. The van der Waals surface area contributed by atoms with E-state index in [9.17, 15) is 9.59 Å². The van der Waals surface area contributed by atoms with Gasteiger partial charge in [-0.1, -0.05) is 20.3 Å². The fourth-order valence-electron chi connectivity index (χ4n) is 3.45. The topological polar surface area (TPSA) is 49.4 Å². The lowest BCUT2D eigenvalue weighted by Gasteiger charge is -2.30. The molecule has 2 amide bonds. The van der Waals surface area contributed by atoms with Crippen molar-refractivity contribution < 1.29 is 9.59 Å². The van der Waals surface area contributed by atoms with Gasteiger partial charge in [0.05, 0.1) is 12.5 Å². The second-order valence-electron chi connectivity index (χ2n) is 6.41. The van der Waals surface area contributed by atoms with Crippen LogP contribution in [0.15, 0.2) is 0 Å². The van der Waals surface area contributed by atoms with Gasteiger partial charge < -0.3 is 5.32 Å². The number of imide groups is 1. The van der Waals surface area contributed by atoms with Crippen LogP contribution in [0.3, 0.4) is 0 Å². The predicted molar refractivity (Wildman–Crippen MR) is 79.2 cm³/mol. The molecule has 1 saturated heterocycles. The zero-order valence-electron chi connectivity index (χ0n) is 13.0.